The molecule has 0 radical (unpaired) electrons. The topological polar surface area (TPSA) is 56.8 Å². The lowest BCUT2D eigenvalue weighted by atomic mass is 10.1. The molecule has 1 aliphatic heterocycles. The van der Waals surface area contributed by atoms with Gasteiger partial charge in [0.1, 0.15) is 18.4 Å². The van der Waals surface area contributed by atoms with Crippen molar-refractivity contribution >= 4 is 6.02 Å². The summed E-state index contributed by atoms with van der Waals surface area (Å²) in [5.74, 6) is 0.890. The third-order valence-corrected chi connectivity index (χ3v) is 2.41. The highest BCUT2D eigenvalue weighted by atomic mass is 16.5. The van der Waals surface area contributed by atoms with Gasteiger partial charge in [-0.3, -0.25) is 0 Å². The van der Waals surface area contributed by atoms with Gasteiger partial charge < -0.3 is 15.2 Å². The molecule has 0 spiro atoms. The standard InChI is InChI=1S/C12H16N2O2/c1-2-7-15-10-5-3-9(4-6-10)11-8-16-12(13)14-11/h3-6,11H,2,7-8H2,1H3,(H2,13,14). The first-order valence-electron chi connectivity index (χ1n) is 5.48. The van der Waals surface area contributed by atoms with E-state index < -0.39 is 0 Å². The Morgan fingerprint density at radius 3 is 2.75 bits per heavy atom. The summed E-state index contributed by atoms with van der Waals surface area (Å²) >= 11 is 0. The molecular formula is C12H16N2O2. The summed E-state index contributed by atoms with van der Waals surface area (Å²) in [6.07, 6.45) is 1.01. The van der Waals surface area contributed by atoms with Crippen LogP contribution in [0.1, 0.15) is 24.9 Å². The Bertz CT molecular complexity index is 373. The van der Waals surface area contributed by atoms with Gasteiger partial charge in [-0.2, -0.15) is 0 Å². The predicted molar refractivity (Wildman–Crippen MR) is 62.5 cm³/mol. The van der Waals surface area contributed by atoms with Crippen LogP contribution in [0.4, 0.5) is 0 Å². The van der Waals surface area contributed by atoms with E-state index in [0.717, 1.165) is 24.3 Å². The van der Waals surface area contributed by atoms with E-state index in [2.05, 4.69) is 11.9 Å². The molecule has 1 aromatic carbocycles. The normalized spacial score (nSPS) is 19.1. The second kappa shape index (κ2) is 4.88. The van der Waals surface area contributed by atoms with Gasteiger partial charge in [0.15, 0.2) is 0 Å². The van der Waals surface area contributed by atoms with Crippen molar-refractivity contribution in [2.24, 2.45) is 10.7 Å². The lowest BCUT2D eigenvalue weighted by Crippen LogP contribution is -2.10. The van der Waals surface area contributed by atoms with Crippen molar-refractivity contribution in [3.05, 3.63) is 29.8 Å². The summed E-state index contributed by atoms with van der Waals surface area (Å²) in [5, 5.41) is 0. The van der Waals surface area contributed by atoms with E-state index in [1.165, 1.54) is 0 Å². The third-order valence-electron chi connectivity index (χ3n) is 2.41. The van der Waals surface area contributed by atoms with Crippen LogP contribution in [0, 0.1) is 0 Å². The molecule has 0 amide bonds. The van der Waals surface area contributed by atoms with Crippen LogP contribution in [0.25, 0.3) is 0 Å². The van der Waals surface area contributed by atoms with Crippen molar-refractivity contribution in [3.63, 3.8) is 0 Å². The smallest absolute Gasteiger partial charge is 0.282 e. The second-order valence-electron chi connectivity index (χ2n) is 3.71. The Kier molecular flexibility index (Phi) is 3.29. The molecule has 1 aliphatic rings. The van der Waals surface area contributed by atoms with Crippen molar-refractivity contribution in [1.29, 1.82) is 0 Å². The van der Waals surface area contributed by atoms with Gasteiger partial charge in [0.25, 0.3) is 6.02 Å². The maximum absolute atomic E-state index is 5.50. The molecule has 1 atom stereocenters. The maximum atomic E-state index is 5.50. The Labute approximate surface area is 95.1 Å². The van der Waals surface area contributed by atoms with Crippen LogP contribution in [0.5, 0.6) is 5.75 Å². The average Bonchev–Trinajstić information content (AvgIpc) is 2.74. The molecule has 1 heterocycles. The van der Waals surface area contributed by atoms with Gasteiger partial charge in [-0.1, -0.05) is 19.1 Å². The molecule has 0 aliphatic carbocycles. The molecule has 2 N–H and O–H groups in total. The number of benzene rings is 1. The lowest BCUT2D eigenvalue weighted by Gasteiger charge is -2.07. The zero-order chi connectivity index (χ0) is 11.4. The van der Waals surface area contributed by atoms with Gasteiger partial charge >= 0.3 is 0 Å². The van der Waals surface area contributed by atoms with Crippen LogP contribution in [0.15, 0.2) is 29.3 Å². The number of aliphatic imine (C=N–C) groups is 1. The number of nitrogens with two attached hydrogens (primary N) is 1. The first-order valence-corrected chi connectivity index (χ1v) is 5.48. The Morgan fingerprint density at radius 1 is 1.44 bits per heavy atom. The number of ether oxygens (including phenoxy) is 2. The molecule has 0 saturated carbocycles. The first-order chi connectivity index (χ1) is 7.79. The Morgan fingerprint density at radius 2 is 2.19 bits per heavy atom. The predicted octanol–water partition coefficient (Wildman–Crippen LogP) is 1.86. The fourth-order valence-electron chi connectivity index (χ4n) is 1.57. The summed E-state index contributed by atoms with van der Waals surface area (Å²) in [6.45, 7) is 3.36. The SMILES string of the molecule is CCCOc1ccc(C2COC(N)=N2)cc1. The number of hydrogen-bond donors (Lipinski definition) is 1. The molecule has 4 heteroatoms. The third kappa shape index (κ3) is 2.45. The molecule has 0 bridgehead atoms. The van der Waals surface area contributed by atoms with E-state index in [-0.39, 0.29) is 12.1 Å². The van der Waals surface area contributed by atoms with Crippen molar-refractivity contribution in [1.82, 2.24) is 0 Å². The number of rotatable bonds is 4. The van der Waals surface area contributed by atoms with Gasteiger partial charge in [0.05, 0.1) is 6.61 Å². The van der Waals surface area contributed by atoms with Crippen LogP contribution in [-0.2, 0) is 4.74 Å². The van der Waals surface area contributed by atoms with Crippen LogP contribution in [0.3, 0.4) is 0 Å². The van der Waals surface area contributed by atoms with E-state index in [1.807, 2.05) is 24.3 Å². The highest BCUT2D eigenvalue weighted by Crippen LogP contribution is 2.24. The van der Waals surface area contributed by atoms with Gasteiger partial charge in [0.2, 0.25) is 0 Å². The second-order valence-corrected chi connectivity index (χ2v) is 3.71. The zero-order valence-corrected chi connectivity index (χ0v) is 9.35. The van der Waals surface area contributed by atoms with Crippen LogP contribution in [-0.4, -0.2) is 19.2 Å². The average molecular weight is 220 g/mol. The minimum atomic E-state index is 0.0280. The lowest BCUT2D eigenvalue weighted by molar-refractivity contribution is 0.312. The Hall–Kier alpha value is -1.71. The summed E-state index contributed by atoms with van der Waals surface area (Å²) in [5.41, 5.74) is 6.56. The highest BCUT2D eigenvalue weighted by Gasteiger charge is 2.18. The summed E-state index contributed by atoms with van der Waals surface area (Å²) in [6, 6.07) is 8.21. The molecule has 16 heavy (non-hydrogen) atoms. The molecule has 4 nitrogen and oxygen atoms in total. The minimum absolute atomic E-state index is 0.0280. The fraction of sp³-hybridized carbons (Fsp3) is 0.417. The largest absolute Gasteiger partial charge is 0.494 e. The summed E-state index contributed by atoms with van der Waals surface area (Å²) in [4.78, 5) is 4.18. The highest BCUT2D eigenvalue weighted by molar-refractivity contribution is 5.73. The quantitative estimate of drug-likeness (QED) is 0.842. The number of nitrogens with zero attached hydrogens (tertiary/aromatic N) is 1. The number of amidine groups is 1. The molecule has 86 valence electrons. The fourth-order valence-corrected chi connectivity index (χ4v) is 1.57. The van der Waals surface area contributed by atoms with E-state index in [9.17, 15) is 0 Å². The van der Waals surface area contributed by atoms with Crippen LogP contribution >= 0.6 is 0 Å². The molecule has 1 unspecified atom stereocenters. The molecule has 1 aromatic rings. The number of hydrogen-bond acceptors (Lipinski definition) is 4. The van der Waals surface area contributed by atoms with Gasteiger partial charge in [0, 0.05) is 0 Å². The molecular weight excluding hydrogens is 204 g/mol. The zero-order valence-electron chi connectivity index (χ0n) is 9.35. The molecule has 0 fully saturated rings. The summed E-state index contributed by atoms with van der Waals surface area (Å²) in [7, 11) is 0. The molecule has 2 rings (SSSR count). The van der Waals surface area contributed by atoms with Crippen molar-refractivity contribution in [2.75, 3.05) is 13.2 Å². The molecule has 0 saturated heterocycles. The maximum Gasteiger partial charge on any atom is 0.282 e. The van der Waals surface area contributed by atoms with Gasteiger partial charge in [-0.15, -0.1) is 0 Å². The molecule has 0 aromatic heterocycles. The van der Waals surface area contributed by atoms with E-state index in [0.29, 0.717) is 6.61 Å². The van der Waals surface area contributed by atoms with Crippen LogP contribution in [0.2, 0.25) is 0 Å². The van der Waals surface area contributed by atoms with Crippen molar-refractivity contribution < 1.29 is 9.47 Å². The van der Waals surface area contributed by atoms with E-state index >= 15 is 0 Å². The van der Waals surface area contributed by atoms with Gasteiger partial charge in [-0.05, 0) is 24.1 Å². The van der Waals surface area contributed by atoms with Gasteiger partial charge in [-0.25, -0.2) is 4.99 Å². The minimum Gasteiger partial charge on any atom is -0.494 e. The first kappa shape index (κ1) is 10.8. The Balaban J connectivity index is 2.02. The summed E-state index contributed by atoms with van der Waals surface area (Å²) < 4.78 is 10.6. The van der Waals surface area contributed by atoms with Crippen molar-refractivity contribution in [2.45, 2.75) is 19.4 Å². The van der Waals surface area contributed by atoms with Crippen LogP contribution < -0.4 is 10.5 Å². The van der Waals surface area contributed by atoms with E-state index in [1.54, 1.807) is 0 Å². The van der Waals surface area contributed by atoms with E-state index in [4.69, 9.17) is 15.2 Å². The monoisotopic (exact) mass is 220 g/mol. The van der Waals surface area contributed by atoms with Crippen molar-refractivity contribution in [3.8, 4) is 5.75 Å².